The van der Waals surface area contributed by atoms with E-state index in [-0.39, 0.29) is 17.7 Å². The molecule has 0 unspecified atom stereocenters. The molecule has 0 spiro atoms. The molecule has 0 radical (unpaired) electrons. The molecule has 0 N–H and O–H groups in total. The van der Waals surface area contributed by atoms with Crippen LogP contribution in [0.2, 0.25) is 5.15 Å². The van der Waals surface area contributed by atoms with Crippen LogP contribution < -0.4 is 0 Å². The average Bonchev–Trinajstić information content (AvgIpc) is 3.16. The fourth-order valence-electron chi connectivity index (χ4n) is 2.96. The van der Waals surface area contributed by atoms with Crippen LogP contribution in [0.5, 0.6) is 0 Å². The van der Waals surface area contributed by atoms with Gasteiger partial charge in [-0.2, -0.15) is 10.4 Å². The molecule has 108 valence electrons. The molecule has 2 heterocycles. The Balaban J connectivity index is 1.75. The van der Waals surface area contributed by atoms with Crippen molar-refractivity contribution in [1.29, 1.82) is 5.26 Å². The Morgan fingerprint density at radius 2 is 2.09 bits per heavy atom. The maximum Gasteiger partial charge on any atom is 0.157 e. The third kappa shape index (κ3) is 2.04. The zero-order valence-electron chi connectivity index (χ0n) is 11.4. The monoisotopic (exact) mass is 312 g/mol. The lowest BCUT2D eigenvalue weighted by molar-refractivity contribution is 0.609. The van der Waals surface area contributed by atoms with Gasteiger partial charge in [0.15, 0.2) is 5.65 Å². The Bertz CT molecular complexity index is 928. The Hall–Kier alpha value is -2.45. The molecule has 6 heteroatoms. The first-order valence-corrected chi connectivity index (χ1v) is 7.24. The van der Waals surface area contributed by atoms with Crippen molar-refractivity contribution in [2.24, 2.45) is 0 Å². The van der Waals surface area contributed by atoms with Crippen LogP contribution in [0, 0.1) is 17.1 Å². The number of nitriles is 1. The molecule has 0 aliphatic heterocycles. The SMILES string of the molecule is N#Cc1ccc(F)c([C@@H]2C[C@H]2c2cc(Cl)nn3ccnc23)c1. The van der Waals surface area contributed by atoms with E-state index in [0.717, 1.165) is 17.6 Å². The molecule has 1 fully saturated rings. The molecule has 1 aliphatic carbocycles. The number of imidazole rings is 1. The molecular weight excluding hydrogens is 303 g/mol. The second-order valence-electron chi connectivity index (χ2n) is 5.41. The Morgan fingerprint density at radius 3 is 2.91 bits per heavy atom. The van der Waals surface area contributed by atoms with Gasteiger partial charge in [-0.25, -0.2) is 13.9 Å². The van der Waals surface area contributed by atoms with Crippen LogP contribution in [0.3, 0.4) is 0 Å². The molecule has 22 heavy (non-hydrogen) atoms. The lowest BCUT2D eigenvalue weighted by Gasteiger charge is -2.05. The van der Waals surface area contributed by atoms with Crippen LogP contribution in [-0.4, -0.2) is 14.6 Å². The summed E-state index contributed by atoms with van der Waals surface area (Å²) in [5.41, 5.74) is 2.77. The first-order valence-electron chi connectivity index (χ1n) is 6.86. The fraction of sp³-hybridized carbons (Fsp3) is 0.188. The number of hydrogen-bond acceptors (Lipinski definition) is 3. The Labute approximate surface area is 130 Å². The van der Waals surface area contributed by atoms with E-state index >= 15 is 0 Å². The zero-order valence-corrected chi connectivity index (χ0v) is 12.1. The van der Waals surface area contributed by atoms with Crippen LogP contribution in [0.15, 0.2) is 36.7 Å². The van der Waals surface area contributed by atoms with Crippen molar-refractivity contribution in [3.8, 4) is 6.07 Å². The van der Waals surface area contributed by atoms with Crippen LogP contribution in [0.4, 0.5) is 4.39 Å². The molecule has 1 aliphatic rings. The third-order valence-corrected chi connectivity index (χ3v) is 4.26. The second-order valence-corrected chi connectivity index (χ2v) is 5.80. The highest BCUT2D eigenvalue weighted by Gasteiger charge is 2.42. The first-order chi connectivity index (χ1) is 10.7. The molecule has 0 saturated heterocycles. The van der Waals surface area contributed by atoms with Crippen LogP contribution in [-0.2, 0) is 0 Å². The van der Waals surface area contributed by atoms with E-state index in [0.29, 0.717) is 16.3 Å². The molecule has 1 saturated carbocycles. The number of rotatable bonds is 2. The molecule has 1 aromatic carbocycles. The average molecular weight is 313 g/mol. The minimum absolute atomic E-state index is 0.0484. The molecule has 3 aromatic rings. The molecule has 0 amide bonds. The summed E-state index contributed by atoms with van der Waals surface area (Å²) in [6.45, 7) is 0. The van der Waals surface area contributed by atoms with E-state index in [1.165, 1.54) is 12.1 Å². The highest BCUT2D eigenvalue weighted by molar-refractivity contribution is 6.29. The first kappa shape index (κ1) is 13.2. The Morgan fingerprint density at radius 1 is 1.27 bits per heavy atom. The predicted octanol–water partition coefficient (Wildman–Crippen LogP) is 3.66. The number of halogens is 2. The minimum Gasteiger partial charge on any atom is -0.235 e. The van der Waals surface area contributed by atoms with Crippen molar-refractivity contribution < 1.29 is 4.39 Å². The lowest BCUT2D eigenvalue weighted by atomic mass is 10.0. The van der Waals surface area contributed by atoms with Gasteiger partial charge in [-0.1, -0.05) is 11.6 Å². The maximum atomic E-state index is 14.1. The number of hydrogen-bond donors (Lipinski definition) is 0. The third-order valence-electron chi connectivity index (χ3n) is 4.07. The topological polar surface area (TPSA) is 54.0 Å². The van der Waals surface area contributed by atoms with Crippen molar-refractivity contribution in [3.63, 3.8) is 0 Å². The van der Waals surface area contributed by atoms with Crippen molar-refractivity contribution in [2.75, 3.05) is 0 Å². The summed E-state index contributed by atoms with van der Waals surface area (Å²) in [6, 6.07) is 8.32. The smallest absolute Gasteiger partial charge is 0.157 e. The van der Waals surface area contributed by atoms with E-state index in [4.69, 9.17) is 16.9 Å². The predicted molar refractivity (Wildman–Crippen MR) is 79.2 cm³/mol. The van der Waals surface area contributed by atoms with Gasteiger partial charge in [0, 0.05) is 18.0 Å². The molecule has 4 nitrogen and oxygen atoms in total. The van der Waals surface area contributed by atoms with Gasteiger partial charge < -0.3 is 0 Å². The highest BCUT2D eigenvalue weighted by Crippen LogP contribution is 2.56. The summed E-state index contributed by atoms with van der Waals surface area (Å²) < 4.78 is 15.7. The van der Waals surface area contributed by atoms with Gasteiger partial charge in [0.2, 0.25) is 0 Å². The van der Waals surface area contributed by atoms with Crippen molar-refractivity contribution in [1.82, 2.24) is 14.6 Å². The molecule has 0 bridgehead atoms. The summed E-state index contributed by atoms with van der Waals surface area (Å²) in [7, 11) is 0. The Kier molecular flexibility index (Phi) is 2.88. The van der Waals surface area contributed by atoms with E-state index < -0.39 is 0 Å². The largest absolute Gasteiger partial charge is 0.235 e. The van der Waals surface area contributed by atoms with Crippen LogP contribution >= 0.6 is 11.6 Å². The van der Waals surface area contributed by atoms with Crippen molar-refractivity contribution in [3.05, 3.63) is 64.3 Å². The van der Waals surface area contributed by atoms with Crippen molar-refractivity contribution >= 4 is 17.2 Å². The number of aromatic nitrogens is 3. The molecule has 2 aromatic heterocycles. The van der Waals surface area contributed by atoms with E-state index in [2.05, 4.69) is 16.2 Å². The van der Waals surface area contributed by atoms with E-state index in [9.17, 15) is 4.39 Å². The number of fused-ring (bicyclic) bond motifs is 1. The van der Waals surface area contributed by atoms with Crippen molar-refractivity contribution in [2.45, 2.75) is 18.3 Å². The summed E-state index contributed by atoms with van der Waals surface area (Å²) in [5.74, 6) is -0.0767. The molecular formula is C16H10ClFN4. The van der Waals surface area contributed by atoms with E-state index in [1.54, 1.807) is 29.0 Å². The van der Waals surface area contributed by atoms with E-state index in [1.807, 2.05) is 0 Å². The summed E-state index contributed by atoms with van der Waals surface area (Å²) in [4.78, 5) is 4.30. The van der Waals surface area contributed by atoms with Crippen LogP contribution in [0.1, 0.15) is 34.9 Å². The highest BCUT2D eigenvalue weighted by atomic mass is 35.5. The van der Waals surface area contributed by atoms with Gasteiger partial charge in [-0.15, -0.1) is 0 Å². The van der Waals surface area contributed by atoms with Gasteiger partial charge in [-0.3, -0.25) is 0 Å². The number of nitrogens with zero attached hydrogens (tertiary/aromatic N) is 4. The van der Waals surface area contributed by atoms with Crippen LogP contribution in [0.25, 0.3) is 5.65 Å². The second kappa shape index (κ2) is 4.79. The zero-order chi connectivity index (χ0) is 15.3. The quantitative estimate of drug-likeness (QED) is 0.725. The van der Waals surface area contributed by atoms with Gasteiger partial charge >= 0.3 is 0 Å². The van der Waals surface area contributed by atoms with Gasteiger partial charge in [0.25, 0.3) is 0 Å². The summed E-state index contributed by atoms with van der Waals surface area (Å²) in [6.07, 6.45) is 4.21. The summed E-state index contributed by atoms with van der Waals surface area (Å²) >= 11 is 6.05. The fourth-order valence-corrected chi connectivity index (χ4v) is 3.16. The molecule has 4 rings (SSSR count). The van der Waals surface area contributed by atoms with Gasteiger partial charge in [-0.05, 0) is 48.1 Å². The molecule has 2 atom stereocenters. The van der Waals surface area contributed by atoms with Gasteiger partial charge in [0.1, 0.15) is 11.0 Å². The lowest BCUT2D eigenvalue weighted by Crippen LogP contribution is -1.97. The normalized spacial score (nSPS) is 20.0. The van der Waals surface area contributed by atoms with Gasteiger partial charge in [0.05, 0.1) is 11.6 Å². The minimum atomic E-state index is -0.272. The maximum absolute atomic E-state index is 14.1. The number of benzene rings is 1. The standard InChI is InChI=1S/C16H10ClFN4/c17-15-7-13(16-20-3-4-22(16)21-15)11-6-10(11)12-5-9(8-19)1-2-14(12)18/h1-5,7,10-11H,6H2/t10-,11-/m1/s1. The summed E-state index contributed by atoms with van der Waals surface area (Å²) in [5, 5.41) is 13.5.